The molecule has 1 aliphatic rings. The van der Waals surface area contributed by atoms with Gasteiger partial charge >= 0.3 is 11.9 Å². The van der Waals surface area contributed by atoms with E-state index < -0.39 is 47.3 Å². The highest BCUT2D eigenvalue weighted by Gasteiger charge is 2.41. The number of carbonyl (C=O) groups is 1. The highest BCUT2D eigenvalue weighted by Crippen LogP contribution is 2.32. The van der Waals surface area contributed by atoms with E-state index in [0.717, 1.165) is 6.42 Å². The Kier molecular flexibility index (Phi) is 10.5. The van der Waals surface area contributed by atoms with Crippen LogP contribution in [0.3, 0.4) is 0 Å². The van der Waals surface area contributed by atoms with Crippen LogP contribution in [0.5, 0.6) is 5.75 Å². The lowest BCUT2D eigenvalue weighted by atomic mass is 10.2. The minimum absolute atomic E-state index is 0.0275. The van der Waals surface area contributed by atoms with E-state index in [2.05, 4.69) is 11.8 Å². The van der Waals surface area contributed by atoms with Gasteiger partial charge in [-0.25, -0.2) is 4.79 Å². The fourth-order valence-corrected chi connectivity index (χ4v) is 3.87. The Morgan fingerprint density at radius 2 is 1.87 bits per heavy atom. The van der Waals surface area contributed by atoms with Crippen LogP contribution in [0.25, 0.3) is 0 Å². The number of ether oxygens (including phenoxy) is 5. The average molecular weight is 555 g/mol. The molecule has 0 radical (unpaired) electrons. The first kappa shape index (κ1) is 30.1. The normalized spacial score (nSPS) is 19.0. The summed E-state index contributed by atoms with van der Waals surface area (Å²) in [5.41, 5.74) is -4.97. The summed E-state index contributed by atoms with van der Waals surface area (Å²) in [7, 11) is 2.80. The standard InChI is InChI=1S/C26H29F3N2O8/c1-4-5-6-7-12-38-20-13-22(39-21(20)15-37-16-35-2)30-14-19(26(27,28)29)24(33)31(25(30)34)23(32)17-8-10-18(36-3)11-9-17/h8-11,14,20-22H,4-5,12-13,15-16H2,1-3H3/t20-,21+,22+/m0/s1. The summed E-state index contributed by atoms with van der Waals surface area (Å²) < 4.78 is 68.9. The van der Waals surface area contributed by atoms with Crippen molar-refractivity contribution in [3.63, 3.8) is 0 Å². The van der Waals surface area contributed by atoms with Crippen LogP contribution in [0.2, 0.25) is 0 Å². The smallest absolute Gasteiger partial charge is 0.423 e. The number of unbranched alkanes of at least 4 members (excludes halogenated alkanes) is 1. The van der Waals surface area contributed by atoms with Crippen molar-refractivity contribution < 1.29 is 41.7 Å². The fraction of sp³-hybridized carbons (Fsp3) is 0.500. The van der Waals surface area contributed by atoms with Crippen LogP contribution in [0.1, 0.15) is 48.3 Å². The number of aromatic nitrogens is 2. The van der Waals surface area contributed by atoms with Crippen LogP contribution in [-0.2, 0) is 25.1 Å². The summed E-state index contributed by atoms with van der Waals surface area (Å²) in [4.78, 5) is 39.2. The van der Waals surface area contributed by atoms with Crippen molar-refractivity contribution in [2.45, 2.75) is 50.8 Å². The zero-order valence-corrected chi connectivity index (χ0v) is 21.7. The van der Waals surface area contributed by atoms with Gasteiger partial charge < -0.3 is 23.7 Å². The Hall–Kier alpha value is -3.44. The molecular weight excluding hydrogens is 525 g/mol. The maximum atomic E-state index is 13.8. The van der Waals surface area contributed by atoms with Gasteiger partial charge in [0.05, 0.1) is 19.8 Å². The fourth-order valence-electron chi connectivity index (χ4n) is 3.87. The first-order valence-corrected chi connectivity index (χ1v) is 12.1. The van der Waals surface area contributed by atoms with Gasteiger partial charge in [-0.3, -0.25) is 14.2 Å². The minimum Gasteiger partial charge on any atom is -0.497 e. The molecule has 39 heavy (non-hydrogen) atoms. The third kappa shape index (κ3) is 7.36. The van der Waals surface area contributed by atoms with E-state index in [0.29, 0.717) is 22.9 Å². The van der Waals surface area contributed by atoms with Gasteiger partial charge in [0.25, 0.3) is 11.5 Å². The molecule has 1 aromatic heterocycles. The molecule has 0 N–H and O–H groups in total. The van der Waals surface area contributed by atoms with Gasteiger partial charge in [-0.15, -0.1) is 5.92 Å². The monoisotopic (exact) mass is 554 g/mol. The zero-order chi connectivity index (χ0) is 28.6. The zero-order valence-electron chi connectivity index (χ0n) is 21.7. The van der Waals surface area contributed by atoms with E-state index in [9.17, 15) is 27.6 Å². The summed E-state index contributed by atoms with van der Waals surface area (Å²) in [6.07, 6.45) is -6.11. The number of methoxy groups -OCH3 is 2. The molecule has 3 atom stereocenters. The van der Waals surface area contributed by atoms with Crippen molar-refractivity contribution in [2.24, 2.45) is 0 Å². The Balaban J connectivity index is 2.01. The quantitative estimate of drug-likeness (QED) is 0.251. The molecule has 13 heteroatoms. The number of nitrogens with zero attached hydrogens (tertiary/aromatic N) is 2. The second-order valence-electron chi connectivity index (χ2n) is 8.50. The molecule has 2 heterocycles. The van der Waals surface area contributed by atoms with E-state index in [-0.39, 0.29) is 36.6 Å². The minimum atomic E-state index is -5.15. The summed E-state index contributed by atoms with van der Waals surface area (Å²) in [6, 6.07) is 5.22. The Labute approximate surface area is 222 Å². The predicted molar refractivity (Wildman–Crippen MR) is 131 cm³/mol. The molecule has 1 aromatic carbocycles. The van der Waals surface area contributed by atoms with Gasteiger partial charge in [0.1, 0.15) is 37.0 Å². The number of halogens is 3. The number of benzene rings is 1. The van der Waals surface area contributed by atoms with Crippen LogP contribution in [0, 0.1) is 11.8 Å². The highest BCUT2D eigenvalue weighted by molar-refractivity contribution is 5.95. The maximum absolute atomic E-state index is 13.8. The largest absolute Gasteiger partial charge is 0.497 e. The predicted octanol–water partition coefficient (Wildman–Crippen LogP) is 2.82. The van der Waals surface area contributed by atoms with Gasteiger partial charge in [-0.2, -0.15) is 17.7 Å². The average Bonchev–Trinajstić information content (AvgIpc) is 3.30. The molecule has 1 saturated heterocycles. The Morgan fingerprint density at radius 1 is 1.15 bits per heavy atom. The molecule has 0 spiro atoms. The number of alkyl halides is 3. The van der Waals surface area contributed by atoms with Gasteiger partial charge in [-0.1, -0.05) is 12.8 Å². The molecule has 1 aliphatic heterocycles. The molecular formula is C26H29F3N2O8. The summed E-state index contributed by atoms with van der Waals surface area (Å²) in [5.74, 6) is 4.90. The molecule has 0 saturated carbocycles. The Bertz CT molecular complexity index is 1310. The molecule has 3 rings (SSSR count). The van der Waals surface area contributed by atoms with Crippen molar-refractivity contribution in [2.75, 3.05) is 34.2 Å². The number of rotatable bonds is 10. The van der Waals surface area contributed by atoms with E-state index in [1.54, 1.807) is 0 Å². The molecule has 212 valence electrons. The first-order valence-electron chi connectivity index (χ1n) is 12.1. The van der Waals surface area contributed by atoms with Crippen molar-refractivity contribution in [1.29, 1.82) is 0 Å². The number of hydrogen-bond donors (Lipinski definition) is 0. The summed E-state index contributed by atoms with van der Waals surface area (Å²) >= 11 is 0. The van der Waals surface area contributed by atoms with Crippen LogP contribution in [0.4, 0.5) is 13.2 Å². The topological polar surface area (TPSA) is 107 Å². The van der Waals surface area contributed by atoms with E-state index in [1.165, 1.54) is 38.5 Å². The molecule has 0 amide bonds. The SMILES string of the molecule is CCCC#CCO[C@H]1C[C@H](n2cc(C(F)(F)F)c(=O)n(C(=O)c3ccc(OC)cc3)c2=O)O[C@@H]1COCOC. The molecule has 0 unspecified atom stereocenters. The lowest BCUT2D eigenvalue weighted by Gasteiger charge is -2.19. The molecule has 0 bridgehead atoms. The third-order valence-electron chi connectivity index (χ3n) is 5.80. The molecule has 2 aromatic rings. The van der Waals surface area contributed by atoms with Gasteiger partial charge in [0.2, 0.25) is 0 Å². The first-order chi connectivity index (χ1) is 18.6. The van der Waals surface area contributed by atoms with E-state index in [4.69, 9.17) is 23.7 Å². The van der Waals surface area contributed by atoms with Gasteiger partial charge in [-0.05, 0) is 30.7 Å². The molecule has 10 nitrogen and oxygen atoms in total. The Morgan fingerprint density at radius 3 is 2.49 bits per heavy atom. The molecule has 1 fully saturated rings. The molecule has 0 aliphatic carbocycles. The summed E-state index contributed by atoms with van der Waals surface area (Å²) in [6.45, 7) is 1.87. The maximum Gasteiger partial charge on any atom is 0.423 e. The second kappa shape index (κ2) is 13.6. The second-order valence-corrected chi connectivity index (χ2v) is 8.50. The van der Waals surface area contributed by atoms with Crippen LogP contribution in [-0.4, -0.2) is 61.5 Å². The van der Waals surface area contributed by atoms with Crippen molar-refractivity contribution in [1.82, 2.24) is 9.13 Å². The van der Waals surface area contributed by atoms with Crippen LogP contribution in [0.15, 0.2) is 40.1 Å². The number of hydrogen-bond acceptors (Lipinski definition) is 8. The van der Waals surface area contributed by atoms with Crippen molar-refractivity contribution in [3.8, 4) is 17.6 Å². The highest BCUT2D eigenvalue weighted by atomic mass is 19.4. The van der Waals surface area contributed by atoms with Crippen LogP contribution < -0.4 is 16.0 Å². The lowest BCUT2D eigenvalue weighted by Crippen LogP contribution is -2.47. The van der Waals surface area contributed by atoms with E-state index in [1.807, 2.05) is 6.92 Å². The van der Waals surface area contributed by atoms with Crippen molar-refractivity contribution in [3.05, 3.63) is 62.4 Å². The summed E-state index contributed by atoms with van der Waals surface area (Å²) in [5, 5.41) is 0. The van der Waals surface area contributed by atoms with Crippen LogP contribution >= 0.6 is 0 Å². The van der Waals surface area contributed by atoms with Crippen molar-refractivity contribution >= 4 is 5.91 Å². The third-order valence-corrected chi connectivity index (χ3v) is 5.80. The van der Waals surface area contributed by atoms with Gasteiger partial charge in [0.15, 0.2) is 0 Å². The van der Waals surface area contributed by atoms with E-state index >= 15 is 0 Å². The van der Waals surface area contributed by atoms with Gasteiger partial charge in [0, 0.05) is 31.7 Å². The lowest BCUT2D eigenvalue weighted by molar-refractivity contribution is -0.140. The number of carbonyl (C=O) groups excluding carboxylic acids is 1.